The average Bonchev–Trinajstić information content (AvgIpc) is 1.91. The van der Waals surface area contributed by atoms with Gasteiger partial charge >= 0.3 is 0 Å². The van der Waals surface area contributed by atoms with Gasteiger partial charge in [0.25, 0.3) is 0 Å². The minimum Gasteiger partial charge on any atom is -0.300 e. The SMILES string of the molecule is C.C.C.C.C.CCC.CCC(C)=O.CSC. The summed E-state index contributed by atoms with van der Waals surface area (Å²) in [5.41, 5.74) is 0. The maximum absolute atomic E-state index is 9.81. The molecule has 0 aliphatic rings. The van der Waals surface area contributed by atoms with Crippen LogP contribution in [0.15, 0.2) is 0 Å². The Labute approximate surface area is 113 Å². The first-order valence-electron chi connectivity index (χ1n) is 4.00. The third-order valence-corrected chi connectivity index (χ3v) is 0.498. The second kappa shape index (κ2) is 81.5. The molecule has 0 heterocycles. The lowest BCUT2D eigenvalue weighted by Crippen LogP contribution is -1.80. The molecule has 0 aliphatic heterocycles. The highest BCUT2D eigenvalue weighted by atomic mass is 32.2. The molecule has 0 aliphatic carbocycles. The first-order chi connectivity index (χ1) is 5.10. The fourth-order valence-electron chi connectivity index (χ4n) is 0. The molecule has 0 N–H and O–H groups in total. The van der Waals surface area contributed by atoms with E-state index in [9.17, 15) is 4.79 Å². The molecule has 0 amide bonds. The Hall–Kier alpha value is 0.0200. The van der Waals surface area contributed by atoms with E-state index in [1.807, 2.05) is 19.4 Å². The van der Waals surface area contributed by atoms with Crippen molar-refractivity contribution < 1.29 is 4.79 Å². The molecule has 0 aromatic heterocycles. The van der Waals surface area contributed by atoms with Crippen molar-refractivity contribution in [2.75, 3.05) is 12.5 Å². The van der Waals surface area contributed by atoms with E-state index in [2.05, 4.69) is 13.8 Å². The molecule has 0 saturated carbocycles. The second-order valence-electron chi connectivity index (χ2n) is 2.17. The van der Waals surface area contributed by atoms with Crippen LogP contribution in [0.1, 0.15) is 77.7 Å². The number of hydrogen-bond acceptors (Lipinski definition) is 2. The topological polar surface area (TPSA) is 17.1 Å². The number of Topliss-reactive ketones (excluding diaryl/α,β-unsaturated/α-hetero) is 1. The van der Waals surface area contributed by atoms with Crippen molar-refractivity contribution in [3.8, 4) is 0 Å². The average molecular weight is 259 g/mol. The van der Waals surface area contributed by atoms with Crippen molar-refractivity contribution in [1.82, 2.24) is 0 Å². The molecule has 0 unspecified atom stereocenters. The molecule has 0 aromatic carbocycles. The molecule has 0 radical (unpaired) electrons. The van der Waals surface area contributed by atoms with Gasteiger partial charge in [-0.05, 0) is 19.4 Å². The molecule has 1 nitrogen and oxygen atoms in total. The van der Waals surface area contributed by atoms with Crippen LogP contribution in [0.3, 0.4) is 0 Å². The standard InChI is InChI=1S/C4H8O.C3H8.C2H6S.5CH4/c1-3-4(2)5;2*1-3-2;;;;;/h3H2,1-2H3;3H2,1-2H3;1-2H3;5*1H4. The van der Waals surface area contributed by atoms with E-state index in [1.54, 1.807) is 18.7 Å². The lowest BCUT2D eigenvalue weighted by Gasteiger charge is -1.71. The molecular formula is C14H42OS. The first-order valence-corrected chi connectivity index (χ1v) is 5.63. The zero-order valence-electron chi connectivity index (χ0n) is 8.73. The quantitative estimate of drug-likeness (QED) is 0.529. The molecule has 0 fully saturated rings. The van der Waals surface area contributed by atoms with E-state index in [0.29, 0.717) is 6.42 Å². The Morgan fingerprint density at radius 3 is 0.938 bits per heavy atom. The van der Waals surface area contributed by atoms with Crippen molar-refractivity contribution in [3.63, 3.8) is 0 Å². The number of thioether (sulfide) groups is 1. The third kappa shape index (κ3) is 582. The predicted molar refractivity (Wildman–Crippen MR) is 90.0 cm³/mol. The van der Waals surface area contributed by atoms with Gasteiger partial charge in [0.2, 0.25) is 0 Å². The Morgan fingerprint density at radius 2 is 0.938 bits per heavy atom. The van der Waals surface area contributed by atoms with Crippen LogP contribution in [-0.4, -0.2) is 18.3 Å². The molecule has 2 heteroatoms. The summed E-state index contributed by atoms with van der Waals surface area (Å²) < 4.78 is 0. The van der Waals surface area contributed by atoms with Crippen LogP contribution < -0.4 is 0 Å². The Morgan fingerprint density at radius 1 is 0.875 bits per heavy atom. The molecule has 0 aromatic rings. The molecule has 16 heavy (non-hydrogen) atoms. The van der Waals surface area contributed by atoms with Gasteiger partial charge in [0, 0.05) is 6.42 Å². The van der Waals surface area contributed by atoms with Gasteiger partial charge < -0.3 is 4.79 Å². The van der Waals surface area contributed by atoms with Crippen LogP contribution in [0.5, 0.6) is 0 Å². The molecule has 0 atom stereocenters. The van der Waals surface area contributed by atoms with Crippen LogP contribution in [0.4, 0.5) is 0 Å². The zero-order chi connectivity index (χ0) is 9.70. The van der Waals surface area contributed by atoms with Crippen molar-refractivity contribution >= 4 is 17.5 Å². The minimum absolute atomic E-state index is 0. The Bertz CT molecular complexity index is 61.8. The van der Waals surface area contributed by atoms with Crippen molar-refractivity contribution in [1.29, 1.82) is 0 Å². The molecular weight excluding hydrogens is 216 g/mol. The summed E-state index contributed by atoms with van der Waals surface area (Å²) >= 11 is 1.75. The maximum atomic E-state index is 9.81. The highest BCUT2D eigenvalue weighted by Gasteiger charge is 1.76. The van der Waals surface area contributed by atoms with Crippen molar-refractivity contribution in [2.45, 2.75) is 77.7 Å². The first kappa shape index (κ1) is 56.2. The lowest BCUT2D eigenvalue weighted by atomic mass is 10.4. The summed E-state index contributed by atoms with van der Waals surface area (Å²) in [5.74, 6) is 0.255. The summed E-state index contributed by atoms with van der Waals surface area (Å²) in [6, 6.07) is 0. The monoisotopic (exact) mass is 258 g/mol. The summed E-state index contributed by atoms with van der Waals surface area (Å²) in [4.78, 5) is 9.81. The van der Waals surface area contributed by atoms with Gasteiger partial charge in [0.1, 0.15) is 5.78 Å². The van der Waals surface area contributed by atoms with Gasteiger partial charge in [-0.1, -0.05) is 64.3 Å². The van der Waals surface area contributed by atoms with Gasteiger partial charge in [0.05, 0.1) is 0 Å². The molecule has 0 spiro atoms. The van der Waals surface area contributed by atoms with E-state index < -0.39 is 0 Å². The van der Waals surface area contributed by atoms with Crippen LogP contribution in [0, 0.1) is 0 Å². The maximum Gasteiger partial charge on any atom is 0.129 e. The van der Waals surface area contributed by atoms with Crippen LogP contribution in [-0.2, 0) is 4.79 Å². The van der Waals surface area contributed by atoms with E-state index in [1.165, 1.54) is 6.42 Å². The normalized spacial score (nSPS) is 4.62. The van der Waals surface area contributed by atoms with Gasteiger partial charge in [-0.3, -0.25) is 0 Å². The smallest absolute Gasteiger partial charge is 0.129 e. The Kier molecular flexibility index (Phi) is 286. The van der Waals surface area contributed by atoms with Gasteiger partial charge in [-0.25, -0.2) is 0 Å². The summed E-state index contributed by atoms with van der Waals surface area (Å²) in [6.45, 7) is 7.68. The molecule has 0 saturated heterocycles. The number of carbonyl (C=O) groups is 1. The summed E-state index contributed by atoms with van der Waals surface area (Å²) in [6.07, 6.45) is 6.00. The fraction of sp³-hybridized carbons (Fsp3) is 0.929. The lowest BCUT2D eigenvalue weighted by molar-refractivity contribution is -0.116. The zero-order valence-corrected chi connectivity index (χ0v) is 9.55. The predicted octanol–water partition coefficient (Wildman–Crippen LogP) is 6.56. The largest absolute Gasteiger partial charge is 0.300 e. The summed E-state index contributed by atoms with van der Waals surface area (Å²) in [5, 5.41) is 0. The highest BCUT2D eigenvalue weighted by Crippen LogP contribution is 1.71. The Balaban J connectivity index is -0.00000000895. The molecule has 0 rings (SSSR count). The van der Waals surface area contributed by atoms with Gasteiger partial charge in [-0.15, -0.1) is 0 Å². The number of carbonyl (C=O) groups excluding carboxylic acids is 1. The number of hydrogen-bond donors (Lipinski definition) is 0. The van der Waals surface area contributed by atoms with Crippen LogP contribution in [0.2, 0.25) is 0 Å². The number of rotatable bonds is 1. The minimum atomic E-state index is 0. The fourth-order valence-corrected chi connectivity index (χ4v) is 0. The van der Waals surface area contributed by atoms with E-state index >= 15 is 0 Å². The second-order valence-corrected chi connectivity index (χ2v) is 2.99. The highest BCUT2D eigenvalue weighted by molar-refractivity contribution is 7.97. The van der Waals surface area contributed by atoms with Crippen LogP contribution >= 0.6 is 11.8 Å². The summed E-state index contributed by atoms with van der Waals surface area (Å²) in [7, 11) is 0. The van der Waals surface area contributed by atoms with Crippen molar-refractivity contribution in [3.05, 3.63) is 0 Å². The van der Waals surface area contributed by atoms with E-state index in [4.69, 9.17) is 0 Å². The van der Waals surface area contributed by atoms with E-state index in [0.717, 1.165) is 0 Å². The van der Waals surface area contributed by atoms with Gasteiger partial charge in [-0.2, -0.15) is 11.8 Å². The number of ketones is 1. The van der Waals surface area contributed by atoms with Crippen LogP contribution in [0.25, 0.3) is 0 Å². The molecule has 110 valence electrons. The van der Waals surface area contributed by atoms with E-state index in [-0.39, 0.29) is 42.9 Å². The molecule has 0 bridgehead atoms. The third-order valence-electron chi connectivity index (χ3n) is 0.498. The van der Waals surface area contributed by atoms with Crippen molar-refractivity contribution in [2.24, 2.45) is 0 Å². The van der Waals surface area contributed by atoms with Gasteiger partial charge in [0.15, 0.2) is 0 Å².